The molecule has 3 aromatic rings. The summed E-state index contributed by atoms with van der Waals surface area (Å²) in [4.78, 5) is 11.9. The van der Waals surface area contributed by atoms with E-state index >= 15 is 0 Å². The van der Waals surface area contributed by atoms with Crippen LogP contribution in [-0.4, -0.2) is 45.3 Å². The monoisotopic (exact) mass is 381 g/mol. The molecule has 0 aliphatic carbocycles. The molecule has 0 radical (unpaired) electrons. The van der Waals surface area contributed by atoms with Crippen LogP contribution >= 0.6 is 10.8 Å². The molecule has 0 saturated carbocycles. The third-order valence-electron chi connectivity index (χ3n) is 5.06. The molecular weight excluding hydrogens is 362 g/mol. The second kappa shape index (κ2) is 6.35. The van der Waals surface area contributed by atoms with E-state index in [4.69, 9.17) is 9.97 Å². The Kier molecular flexibility index (Phi) is 3.94. The fraction of sp³-hybridized carbons (Fsp3) is 0.263. The average Bonchev–Trinajstić information content (AvgIpc) is 2.99. The minimum Gasteiger partial charge on any atom is -0.779 e. The molecule has 1 fully saturated rings. The van der Waals surface area contributed by atoms with E-state index in [9.17, 15) is 9.11 Å². The summed E-state index contributed by atoms with van der Waals surface area (Å²) in [5.74, 6) is 1.03. The van der Waals surface area contributed by atoms with Gasteiger partial charge in [0.15, 0.2) is 5.82 Å². The molecule has 0 unspecified atom stereocenters. The van der Waals surface area contributed by atoms with Crippen LogP contribution in [0.4, 0.5) is 11.8 Å². The summed E-state index contributed by atoms with van der Waals surface area (Å²) >= 11 is 0. The van der Waals surface area contributed by atoms with E-state index < -0.39 is 10.8 Å². The SMILES string of the molecule is [O-]S1([O-])c2ccccc2CN1c1nc(N2CCNCC2)nc2ccccc12. The van der Waals surface area contributed by atoms with Gasteiger partial charge in [-0.2, -0.15) is 4.98 Å². The van der Waals surface area contributed by atoms with Crippen LogP contribution in [0.5, 0.6) is 0 Å². The van der Waals surface area contributed by atoms with Crippen LogP contribution in [-0.2, 0) is 6.54 Å². The minimum absolute atomic E-state index is 0.292. The number of piperazine rings is 1. The summed E-state index contributed by atoms with van der Waals surface area (Å²) in [7, 11) is -3.63. The number of rotatable bonds is 2. The van der Waals surface area contributed by atoms with Crippen molar-refractivity contribution in [1.29, 1.82) is 0 Å². The van der Waals surface area contributed by atoms with E-state index in [2.05, 4.69) is 10.2 Å². The molecule has 2 aliphatic rings. The number of sulfonamides is 1. The fourth-order valence-electron chi connectivity index (χ4n) is 3.68. The molecule has 27 heavy (non-hydrogen) atoms. The first-order chi connectivity index (χ1) is 13.1. The number of nitrogens with zero attached hydrogens (tertiary/aromatic N) is 4. The highest BCUT2D eigenvalue weighted by atomic mass is 32.3. The molecule has 1 N–H and O–H groups in total. The lowest BCUT2D eigenvalue weighted by atomic mass is 10.2. The smallest absolute Gasteiger partial charge is 0.228 e. The first-order valence-electron chi connectivity index (χ1n) is 8.98. The molecular formula is C19H19N5O2S-2. The van der Waals surface area contributed by atoms with Crippen molar-refractivity contribution >= 4 is 33.4 Å². The van der Waals surface area contributed by atoms with Gasteiger partial charge in [-0.1, -0.05) is 30.3 Å². The second-order valence-corrected chi connectivity index (χ2v) is 8.55. The van der Waals surface area contributed by atoms with E-state index in [0.717, 1.165) is 42.6 Å². The molecule has 7 nitrogen and oxygen atoms in total. The van der Waals surface area contributed by atoms with Crippen molar-refractivity contribution in [3.8, 4) is 0 Å². The van der Waals surface area contributed by atoms with Gasteiger partial charge in [0.05, 0.1) is 12.1 Å². The summed E-state index contributed by atoms with van der Waals surface area (Å²) < 4.78 is 27.7. The Balaban J connectivity index is 1.66. The molecule has 2 aromatic carbocycles. The van der Waals surface area contributed by atoms with Crippen LogP contribution in [0.1, 0.15) is 5.56 Å². The summed E-state index contributed by atoms with van der Waals surface area (Å²) in [5.41, 5.74) is 1.55. The Morgan fingerprint density at radius 3 is 2.48 bits per heavy atom. The van der Waals surface area contributed by atoms with Gasteiger partial charge in [-0.3, -0.25) is 0 Å². The van der Waals surface area contributed by atoms with Crippen molar-refractivity contribution in [1.82, 2.24) is 15.3 Å². The maximum atomic E-state index is 13.2. The topological polar surface area (TPSA) is 90.4 Å². The highest BCUT2D eigenvalue weighted by molar-refractivity contribution is 8.25. The third-order valence-corrected chi connectivity index (χ3v) is 6.90. The second-order valence-electron chi connectivity index (χ2n) is 6.72. The summed E-state index contributed by atoms with van der Waals surface area (Å²) in [5, 5.41) is 4.06. The molecule has 5 rings (SSSR count). The summed E-state index contributed by atoms with van der Waals surface area (Å²) in [6, 6.07) is 14.7. The van der Waals surface area contributed by atoms with Crippen LogP contribution in [0.3, 0.4) is 0 Å². The van der Waals surface area contributed by atoms with Gasteiger partial charge in [0.2, 0.25) is 5.95 Å². The highest BCUT2D eigenvalue weighted by Crippen LogP contribution is 2.60. The molecule has 0 amide bonds. The Bertz CT molecular complexity index is 1010. The van der Waals surface area contributed by atoms with Gasteiger partial charge in [-0.15, -0.1) is 0 Å². The van der Waals surface area contributed by atoms with Gasteiger partial charge < -0.3 is 34.4 Å². The first kappa shape index (κ1) is 16.8. The number of anilines is 2. The van der Waals surface area contributed by atoms with Gasteiger partial charge in [0.1, 0.15) is 0 Å². The Labute approximate surface area is 159 Å². The molecule has 3 heterocycles. The molecule has 8 heteroatoms. The lowest BCUT2D eigenvalue weighted by molar-refractivity contribution is 0.445. The third kappa shape index (κ3) is 2.72. The first-order valence-corrected chi connectivity index (χ1v) is 10.4. The van der Waals surface area contributed by atoms with Gasteiger partial charge >= 0.3 is 0 Å². The van der Waals surface area contributed by atoms with Gasteiger partial charge in [0.25, 0.3) is 0 Å². The molecule has 2 aliphatic heterocycles. The van der Waals surface area contributed by atoms with Crippen LogP contribution in [0.2, 0.25) is 0 Å². The average molecular weight is 381 g/mol. The molecule has 0 spiro atoms. The number of para-hydroxylation sites is 1. The summed E-state index contributed by atoms with van der Waals surface area (Å²) in [6.07, 6.45) is 0. The number of benzene rings is 2. The van der Waals surface area contributed by atoms with Gasteiger partial charge in [-0.25, -0.2) is 4.98 Å². The van der Waals surface area contributed by atoms with Crippen molar-refractivity contribution in [3.63, 3.8) is 0 Å². The van der Waals surface area contributed by atoms with E-state index in [1.807, 2.05) is 36.4 Å². The van der Waals surface area contributed by atoms with Crippen molar-refractivity contribution in [3.05, 3.63) is 54.1 Å². The zero-order chi connectivity index (χ0) is 18.4. The standard InChI is InChI=1S/C19H21N5O2S/c25-27(26)17-8-4-1-5-14(17)13-24(27)18-15-6-2-3-7-16(15)21-19(22-18)23-11-9-20-10-12-23/h1-8,20,25-26H,9-13H2/p-2. The lowest BCUT2D eigenvalue weighted by Crippen LogP contribution is -2.44. The molecule has 0 bridgehead atoms. The normalized spacial score (nSPS) is 19.9. The van der Waals surface area contributed by atoms with Crippen molar-refractivity contribution in [2.45, 2.75) is 11.4 Å². The van der Waals surface area contributed by atoms with Gasteiger partial charge in [-0.05, 0) is 23.8 Å². The Morgan fingerprint density at radius 1 is 0.926 bits per heavy atom. The number of aromatic nitrogens is 2. The van der Waals surface area contributed by atoms with E-state index in [1.54, 1.807) is 12.1 Å². The predicted molar refractivity (Wildman–Crippen MR) is 105 cm³/mol. The fourth-order valence-corrected chi connectivity index (χ4v) is 5.31. The van der Waals surface area contributed by atoms with Crippen LogP contribution in [0.25, 0.3) is 10.9 Å². The molecule has 140 valence electrons. The highest BCUT2D eigenvalue weighted by Gasteiger charge is 2.27. The van der Waals surface area contributed by atoms with Crippen molar-refractivity contribution < 1.29 is 9.11 Å². The Hall–Kier alpha value is -2.39. The Morgan fingerprint density at radius 2 is 1.67 bits per heavy atom. The van der Waals surface area contributed by atoms with Crippen LogP contribution in [0.15, 0.2) is 53.4 Å². The lowest BCUT2D eigenvalue weighted by Gasteiger charge is -2.62. The largest absolute Gasteiger partial charge is 0.779 e. The molecule has 0 atom stereocenters. The zero-order valence-electron chi connectivity index (χ0n) is 14.7. The number of hydrogen-bond acceptors (Lipinski definition) is 7. The van der Waals surface area contributed by atoms with E-state index in [1.165, 1.54) is 4.31 Å². The predicted octanol–water partition coefficient (Wildman–Crippen LogP) is 2.40. The summed E-state index contributed by atoms with van der Waals surface area (Å²) in [6.45, 7) is 3.61. The van der Waals surface area contributed by atoms with Crippen LogP contribution < -0.4 is 14.5 Å². The maximum Gasteiger partial charge on any atom is 0.228 e. The van der Waals surface area contributed by atoms with Crippen molar-refractivity contribution in [2.75, 3.05) is 35.4 Å². The maximum absolute atomic E-state index is 13.2. The number of fused-ring (bicyclic) bond motifs is 2. The van der Waals surface area contributed by atoms with Gasteiger partial charge in [0, 0.05) is 36.5 Å². The van der Waals surface area contributed by atoms with Crippen LogP contribution in [0, 0.1) is 0 Å². The van der Waals surface area contributed by atoms with Crippen molar-refractivity contribution in [2.24, 2.45) is 0 Å². The number of hydrogen-bond donors (Lipinski definition) is 1. The molecule has 1 saturated heterocycles. The van der Waals surface area contributed by atoms with E-state index in [0.29, 0.717) is 23.2 Å². The van der Waals surface area contributed by atoms with E-state index in [-0.39, 0.29) is 0 Å². The quantitative estimate of drug-likeness (QED) is 0.729. The number of nitrogens with one attached hydrogen (secondary N) is 1. The minimum atomic E-state index is -3.63. The molecule has 1 aromatic heterocycles. The zero-order valence-corrected chi connectivity index (χ0v) is 15.5.